The summed E-state index contributed by atoms with van der Waals surface area (Å²) in [7, 11) is 1.95. The minimum Gasteiger partial charge on any atom is -0.357 e. The predicted octanol–water partition coefficient (Wildman–Crippen LogP) is 3.29. The van der Waals surface area contributed by atoms with Gasteiger partial charge in [-0.25, -0.2) is 4.39 Å². The molecule has 27 heavy (non-hydrogen) atoms. The van der Waals surface area contributed by atoms with E-state index in [1.807, 2.05) is 17.9 Å². The molecule has 3 rings (SSSR count). The summed E-state index contributed by atoms with van der Waals surface area (Å²) in [6.45, 7) is 5.54. The van der Waals surface area contributed by atoms with Crippen LogP contribution in [0.15, 0.2) is 35.6 Å². The Hall–Kier alpha value is -2.08. The molecule has 0 radical (unpaired) electrons. The summed E-state index contributed by atoms with van der Waals surface area (Å²) in [5.74, 6) is 1.26. The summed E-state index contributed by atoms with van der Waals surface area (Å²) in [5, 5.41) is 8.11. The maximum Gasteiger partial charge on any atom is 0.193 e. The third kappa shape index (κ3) is 5.45. The fraction of sp³-hybridized carbons (Fsp3) is 0.500. The topological polar surface area (TPSA) is 45.5 Å². The van der Waals surface area contributed by atoms with Gasteiger partial charge in [-0.2, -0.15) is 5.10 Å². The van der Waals surface area contributed by atoms with E-state index in [1.54, 1.807) is 6.07 Å². The van der Waals surface area contributed by atoms with Crippen LogP contribution >= 0.6 is 11.6 Å². The van der Waals surface area contributed by atoms with Crippen molar-refractivity contribution in [3.63, 3.8) is 0 Å². The SMILES string of the molecule is CCNC(=NCCc1ccc(F)cc1Cl)N1CCC(Cc2cnn(C)c2)C1. The van der Waals surface area contributed by atoms with Crippen molar-refractivity contribution in [3.05, 3.63) is 52.6 Å². The molecule has 1 aromatic heterocycles. The quantitative estimate of drug-likeness (QED) is 0.607. The fourth-order valence-corrected chi connectivity index (χ4v) is 3.80. The largest absolute Gasteiger partial charge is 0.357 e. The highest BCUT2D eigenvalue weighted by Crippen LogP contribution is 2.21. The zero-order valence-corrected chi connectivity index (χ0v) is 16.7. The van der Waals surface area contributed by atoms with Gasteiger partial charge in [0.05, 0.1) is 6.20 Å². The minimum atomic E-state index is -0.308. The molecule has 7 heteroatoms. The molecule has 1 atom stereocenters. The normalized spacial score (nSPS) is 17.6. The van der Waals surface area contributed by atoms with E-state index in [0.717, 1.165) is 44.0 Å². The molecule has 0 saturated carbocycles. The van der Waals surface area contributed by atoms with Crippen LogP contribution in [0, 0.1) is 11.7 Å². The molecule has 0 bridgehead atoms. The number of guanidine groups is 1. The first kappa shape index (κ1) is 19.7. The van der Waals surface area contributed by atoms with Gasteiger partial charge in [0.25, 0.3) is 0 Å². The van der Waals surface area contributed by atoms with Crippen LogP contribution in [0.4, 0.5) is 4.39 Å². The fourth-order valence-electron chi connectivity index (χ4n) is 3.53. The molecule has 2 aromatic rings. The molecule has 5 nitrogen and oxygen atoms in total. The van der Waals surface area contributed by atoms with Crippen molar-refractivity contribution in [1.29, 1.82) is 0 Å². The van der Waals surface area contributed by atoms with Gasteiger partial charge in [-0.05, 0) is 55.4 Å². The zero-order chi connectivity index (χ0) is 19.2. The second kappa shape index (κ2) is 9.22. The molecule has 1 N–H and O–H groups in total. The summed E-state index contributed by atoms with van der Waals surface area (Å²) < 4.78 is 15.0. The number of likely N-dealkylation sites (tertiary alicyclic amines) is 1. The van der Waals surface area contributed by atoms with Gasteiger partial charge in [-0.3, -0.25) is 9.67 Å². The van der Waals surface area contributed by atoms with Crippen molar-refractivity contribution in [2.45, 2.75) is 26.2 Å². The third-order valence-electron chi connectivity index (χ3n) is 4.86. The number of halogens is 2. The second-order valence-corrected chi connectivity index (χ2v) is 7.46. The first-order valence-corrected chi connectivity index (χ1v) is 9.87. The molecule has 1 aliphatic rings. The van der Waals surface area contributed by atoms with Gasteiger partial charge in [-0.1, -0.05) is 17.7 Å². The Morgan fingerprint density at radius 3 is 3.00 bits per heavy atom. The average molecular weight is 392 g/mol. The molecule has 0 aliphatic carbocycles. The smallest absolute Gasteiger partial charge is 0.193 e. The van der Waals surface area contributed by atoms with Crippen LogP contribution in [-0.4, -0.2) is 46.8 Å². The van der Waals surface area contributed by atoms with Crippen LogP contribution in [0.2, 0.25) is 5.02 Å². The molecular weight excluding hydrogens is 365 g/mol. The first-order chi connectivity index (χ1) is 13.0. The maximum absolute atomic E-state index is 13.2. The highest BCUT2D eigenvalue weighted by Gasteiger charge is 2.25. The molecule has 1 fully saturated rings. The average Bonchev–Trinajstić information content (AvgIpc) is 3.25. The summed E-state index contributed by atoms with van der Waals surface area (Å²) in [6.07, 6.45) is 6.95. The van der Waals surface area contributed by atoms with Crippen molar-refractivity contribution in [2.24, 2.45) is 18.0 Å². The number of hydrogen-bond acceptors (Lipinski definition) is 2. The number of aliphatic imine (C=N–C) groups is 1. The van der Waals surface area contributed by atoms with Gasteiger partial charge in [0, 0.05) is 44.4 Å². The van der Waals surface area contributed by atoms with Crippen LogP contribution in [0.5, 0.6) is 0 Å². The highest BCUT2D eigenvalue weighted by molar-refractivity contribution is 6.31. The Balaban J connectivity index is 1.57. The van der Waals surface area contributed by atoms with E-state index in [4.69, 9.17) is 16.6 Å². The van der Waals surface area contributed by atoms with E-state index in [1.165, 1.54) is 17.7 Å². The van der Waals surface area contributed by atoms with Crippen molar-refractivity contribution < 1.29 is 4.39 Å². The number of aryl methyl sites for hydroxylation is 1. The number of rotatable bonds is 6. The summed E-state index contributed by atoms with van der Waals surface area (Å²) in [5.41, 5.74) is 2.21. The number of benzene rings is 1. The number of nitrogens with zero attached hydrogens (tertiary/aromatic N) is 4. The van der Waals surface area contributed by atoms with E-state index in [2.05, 4.69) is 28.4 Å². The molecule has 146 valence electrons. The van der Waals surface area contributed by atoms with E-state index < -0.39 is 0 Å². The minimum absolute atomic E-state index is 0.308. The van der Waals surface area contributed by atoms with Crippen molar-refractivity contribution >= 4 is 17.6 Å². The van der Waals surface area contributed by atoms with E-state index in [0.29, 0.717) is 23.9 Å². The maximum atomic E-state index is 13.2. The Morgan fingerprint density at radius 1 is 1.44 bits per heavy atom. The van der Waals surface area contributed by atoms with Gasteiger partial charge in [0.1, 0.15) is 5.82 Å². The number of hydrogen-bond donors (Lipinski definition) is 1. The lowest BCUT2D eigenvalue weighted by atomic mass is 10.0. The van der Waals surface area contributed by atoms with Crippen molar-refractivity contribution in [3.8, 4) is 0 Å². The predicted molar refractivity (Wildman–Crippen MR) is 108 cm³/mol. The molecule has 1 unspecified atom stereocenters. The van der Waals surface area contributed by atoms with Gasteiger partial charge in [0.15, 0.2) is 5.96 Å². The molecule has 1 aromatic carbocycles. The number of nitrogens with one attached hydrogen (secondary N) is 1. The highest BCUT2D eigenvalue weighted by atomic mass is 35.5. The molecule has 2 heterocycles. The molecule has 1 saturated heterocycles. The zero-order valence-electron chi connectivity index (χ0n) is 16.0. The van der Waals surface area contributed by atoms with Crippen molar-refractivity contribution in [1.82, 2.24) is 20.0 Å². The Morgan fingerprint density at radius 2 is 2.30 bits per heavy atom. The monoisotopic (exact) mass is 391 g/mol. The van der Waals surface area contributed by atoms with Gasteiger partial charge >= 0.3 is 0 Å². The van der Waals surface area contributed by atoms with Crippen LogP contribution in [0.1, 0.15) is 24.5 Å². The molecule has 0 spiro atoms. The van der Waals surface area contributed by atoms with E-state index in [9.17, 15) is 4.39 Å². The third-order valence-corrected chi connectivity index (χ3v) is 5.21. The van der Waals surface area contributed by atoms with E-state index in [-0.39, 0.29) is 5.82 Å². The standard InChI is InChI=1S/C20H27ClFN5/c1-3-23-20(24-8-6-17-4-5-18(22)11-19(17)21)27-9-7-15(14-27)10-16-12-25-26(2)13-16/h4-5,11-13,15H,3,6-10,14H2,1-2H3,(H,23,24). The van der Waals surface area contributed by atoms with Crippen LogP contribution in [0.3, 0.4) is 0 Å². The molecule has 0 amide bonds. The van der Waals surface area contributed by atoms with Gasteiger partial charge in [-0.15, -0.1) is 0 Å². The first-order valence-electron chi connectivity index (χ1n) is 9.50. The van der Waals surface area contributed by atoms with Crippen LogP contribution in [-0.2, 0) is 19.9 Å². The Labute approximate surface area is 165 Å². The summed E-state index contributed by atoms with van der Waals surface area (Å²) >= 11 is 6.11. The molecular formula is C20H27ClFN5. The lowest BCUT2D eigenvalue weighted by Crippen LogP contribution is -2.40. The van der Waals surface area contributed by atoms with Gasteiger partial charge in [0.2, 0.25) is 0 Å². The van der Waals surface area contributed by atoms with Crippen LogP contribution in [0.25, 0.3) is 0 Å². The lowest BCUT2D eigenvalue weighted by molar-refractivity contribution is 0.460. The van der Waals surface area contributed by atoms with Crippen molar-refractivity contribution in [2.75, 3.05) is 26.2 Å². The molecule has 1 aliphatic heterocycles. The Kier molecular flexibility index (Phi) is 6.72. The van der Waals surface area contributed by atoms with Gasteiger partial charge < -0.3 is 10.2 Å². The lowest BCUT2D eigenvalue weighted by Gasteiger charge is -2.21. The number of aromatic nitrogens is 2. The summed E-state index contributed by atoms with van der Waals surface area (Å²) in [6, 6.07) is 4.54. The van der Waals surface area contributed by atoms with Crippen LogP contribution < -0.4 is 5.32 Å². The van der Waals surface area contributed by atoms with E-state index >= 15 is 0 Å². The second-order valence-electron chi connectivity index (χ2n) is 7.05. The Bertz CT molecular complexity index is 788. The summed E-state index contributed by atoms with van der Waals surface area (Å²) in [4.78, 5) is 7.09.